The molecule has 1 aromatic carbocycles. The number of carbonyl (C=O) groups excluding carboxylic acids is 1. The summed E-state index contributed by atoms with van der Waals surface area (Å²) in [6.45, 7) is 0.755. The number of likely N-dealkylation sites (N-methyl/N-ethyl adjacent to an activating group) is 1. The minimum atomic E-state index is -0.784. The number of aliphatic hydroxyl groups excluding tert-OH is 1. The van der Waals surface area contributed by atoms with Gasteiger partial charge in [-0.3, -0.25) is 4.68 Å². The highest BCUT2D eigenvalue weighted by molar-refractivity contribution is 5.99. The van der Waals surface area contributed by atoms with Crippen molar-refractivity contribution >= 4 is 17.4 Å². The van der Waals surface area contributed by atoms with Gasteiger partial charge in [-0.15, -0.1) is 0 Å². The van der Waals surface area contributed by atoms with Gasteiger partial charge in [-0.25, -0.2) is 13.6 Å². The Balaban J connectivity index is 1.90. The number of nitrogens with zero attached hydrogens (tertiary/aromatic N) is 3. The number of hydrogen-bond donors (Lipinski definition) is 3. The van der Waals surface area contributed by atoms with Gasteiger partial charge < -0.3 is 20.6 Å². The van der Waals surface area contributed by atoms with Crippen LogP contribution in [0.4, 0.5) is 25.0 Å². The molecule has 1 aromatic heterocycles. The van der Waals surface area contributed by atoms with E-state index in [9.17, 15) is 18.7 Å². The van der Waals surface area contributed by atoms with Crippen LogP contribution >= 0.6 is 0 Å². The van der Waals surface area contributed by atoms with Crippen molar-refractivity contribution in [3.8, 4) is 0 Å². The molecule has 2 aromatic rings. The molecule has 24 heavy (non-hydrogen) atoms. The summed E-state index contributed by atoms with van der Waals surface area (Å²) >= 11 is 0. The number of nitrogens with one attached hydrogen (secondary N) is 2. The number of amides is 2. The summed E-state index contributed by atoms with van der Waals surface area (Å²) in [6, 6.07) is 2.06. The fraction of sp³-hybridized carbons (Fsp3) is 0.333. The lowest BCUT2D eigenvalue weighted by Crippen LogP contribution is -2.29. The maximum atomic E-state index is 13.1. The fourth-order valence-electron chi connectivity index (χ4n) is 2.14. The first kappa shape index (κ1) is 17.8. The number of urea groups is 1. The lowest BCUT2D eigenvalue weighted by Gasteiger charge is -2.15. The van der Waals surface area contributed by atoms with Crippen molar-refractivity contribution in [2.75, 3.05) is 31.3 Å². The standard InChI is InChI=1S/C15H19F2N5O2/c1-21(2)8-14(23)9-22-7-13(6-18-22)20-15(24)19-12-4-10(16)3-11(17)5-12/h3-7,14,23H,8-9H2,1-2H3,(H2,19,20,24). The van der Waals surface area contributed by atoms with Gasteiger partial charge in [0.2, 0.25) is 0 Å². The van der Waals surface area contributed by atoms with E-state index in [0.717, 1.165) is 12.1 Å². The number of halogens is 2. The van der Waals surface area contributed by atoms with Crippen molar-refractivity contribution in [3.63, 3.8) is 0 Å². The van der Waals surface area contributed by atoms with Crippen molar-refractivity contribution in [2.45, 2.75) is 12.6 Å². The predicted octanol–water partition coefficient (Wildman–Crippen LogP) is 1.73. The molecular formula is C15H19F2N5O2. The molecule has 2 amide bonds. The van der Waals surface area contributed by atoms with Crippen LogP contribution in [0.5, 0.6) is 0 Å². The second kappa shape index (κ2) is 7.84. The van der Waals surface area contributed by atoms with E-state index >= 15 is 0 Å². The molecule has 0 aliphatic rings. The summed E-state index contributed by atoms with van der Waals surface area (Å²) in [5.74, 6) is -1.57. The molecule has 1 heterocycles. The Bertz CT molecular complexity index is 685. The van der Waals surface area contributed by atoms with Crippen LogP contribution in [0, 0.1) is 11.6 Å². The number of benzene rings is 1. The van der Waals surface area contributed by atoms with Gasteiger partial charge in [0.1, 0.15) is 11.6 Å². The molecule has 1 unspecified atom stereocenters. The molecule has 0 aliphatic carbocycles. The Morgan fingerprint density at radius 2 is 1.88 bits per heavy atom. The fourth-order valence-corrected chi connectivity index (χ4v) is 2.14. The van der Waals surface area contributed by atoms with Crippen molar-refractivity contribution in [3.05, 3.63) is 42.2 Å². The van der Waals surface area contributed by atoms with E-state index in [4.69, 9.17) is 0 Å². The molecule has 0 radical (unpaired) electrons. The van der Waals surface area contributed by atoms with E-state index in [1.54, 1.807) is 6.20 Å². The van der Waals surface area contributed by atoms with E-state index in [1.165, 1.54) is 10.9 Å². The first-order valence-corrected chi connectivity index (χ1v) is 7.21. The topological polar surface area (TPSA) is 82.4 Å². The molecule has 0 bridgehead atoms. The van der Waals surface area contributed by atoms with Crippen LogP contribution < -0.4 is 10.6 Å². The SMILES string of the molecule is CN(C)CC(O)Cn1cc(NC(=O)Nc2cc(F)cc(F)c2)cn1. The molecule has 0 fully saturated rings. The number of aromatic nitrogens is 2. The average molecular weight is 339 g/mol. The lowest BCUT2D eigenvalue weighted by molar-refractivity contribution is 0.116. The number of hydrogen-bond acceptors (Lipinski definition) is 4. The molecule has 0 saturated carbocycles. The van der Waals surface area contributed by atoms with Gasteiger partial charge in [-0.1, -0.05) is 0 Å². The van der Waals surface area contributed by atoms with Crippen LogP contribution in [0.25, 0.3) is 0 Å². The quantitative estimate of drug-likeness (QED) is 0.748. The van der Waals surface area contributed by atoms with Crippen molar-refractivity contribution < 1.29 is 18.7 Å². The highest BCUT2D eigenvalue weighted by Crippen LogP contribution is 2.13. The minimum Gasteiger partial charge on any atom is -0.390 e. The van der Waals surface area contributed by atoms with Gasteiger partial charge >= 0.3 is 6.03 Å². The van der Waals surface area contributed by atoms with Crippen LogP contribution in [0.1, 0.15) is 0 Å². The Morgan fingerprint density at radius 1 is 1.25 bits per heavy atom. The molecule has 7 nitrogen and oxygen atoms in total. The Kier molecular flexibility index (Phi) is 5.83. The molecule has 3 N–H and O–H groups in total. The van der Waals surface area contributed by atoms with E-state index in [0.29, 0.717) is 18.3 Å². The number of carbonyl (C=O) groups is 1. The van der Waals surface area contributed by atoms with E-state index in [2.05, 4.69) is 15.7 Å². The zero-order chi connectivity index (χ0) is 17.7. The van der Waals surface area contributed by atoms with Gasteiger partial charge in [0.05, 0.1) is 24.5 Å². The number of aliphatic hydroxyl groups is 1. The van der Waals surface area contributed by atoms with Crippen LogP contribution in [0.2, 0.25) is 0 Å². The van der Waals surface area contributed by atoms with Gasteiger partial charge in [-0.2, -0.15) is 5.10 Å². The Hall–Kier alpha value is -2.52. The predicted molar refractivity (Wildman–Crippen MR) is 85.8 cm³/mol. The largest absolute Gasteiger partial charge is 0.390 e. The highest BCUT2D eigenvalue weighted by atomic mass is 19.1. The van der Waals surface area contributed by atoms with Gasteiger partial charge in [-0.05, 0) is 26.2 Å². The molecule has 0 saturated heterocycles. The number of rotatable bonds is 6. The van der Waals surface area contributed by atoms with Gasteiger partial charge in [0, 0.05) is 24.5 Å². The van der Waals surface area contributed by atoms with Gasteiger partial charge in [0.25, 0.3) is 0 Å². The highest BCUT2D eigenvalue weighted by Gasteiger charge is 2.10. The average Bonchev–Trinajstić information content (AvgIpc) is 2.82. The van der Waals surface area contributed by atoms with Crippen LogP contribution in [-0.4, -0.2) is 52.6 Å². The third-order valence-electron chi connectivity index (χ3n) is 2.99. The third-order valence-corrected chi connectivity index (χ3v) is 2.99. The lowest BCUT2D eigenvalue weighted by atomic mass is 10.3. The van der Waals surface area contributed by atoms with Crippen LogP contribution in [0.15, 0.2) is 30.6 Å². The van der Waals surface area contributed by atoms with E-state index < -0.39 is 23.8 Å². The van der Waals surface area contributed by atoms with Crippen LogP contribution in [0.3, 0.4) is 0 Å². The van der Waals surface area contributed by atoms with E-state index in [1.807, 2.05) is 19.0 Å². The second-order valence-electron chi connectivity index (χ2n) is 5.60. The smallest absolute Gasteiger partial charge is 0.323 e. The summed E-state index contributed by atoms with van der Waals surface area (Å²) in [4.78, 5) is 13.7. The monoisotopic (exact) mass is 339 g/mol. The van der Waals surface area contributed by atoms with Gasteiger partial charge in [0.15, 0.2) is 0 Å². The van der Waals surface area contributed by atoms with Crippen molar-refractivity contribution in [1.82, 2.24) is 14.7 Å². The summed E-state index contributed by atoms with van der Waals surface area (Å²) in [5, 5.41) is 18.7. The summed E-state index contributed by atoms with van der Waals surface area (Å²) < 4.78 is 27.6. The molecule has 130 valence electrons. The van der Waals surface area contributed by atoms with Crippen molar-refractivity contribution in [2.24, 2.45) is 0 Å². The minimum absolute atomic E-state index is 0.00111. The Labute approximate surface area is 137 Å². The normalized spacial score (nSPS) is 12.2. The first-order chi connectivity index (χ1) is 11.3. The summed E-state index contributed by atoms with van der Waals surface area (Å²) in [6.07, 6.45) is 2.36. The Morgan fingerprint density at radius 3 is 2.50 bits per heavy atom. The zero-order valence-electron chi connectivity index (χ0n) is 13.3. The maximum Gasteiger partial charge on any atom is 0.323 e. The maximum absolute atomic E-state index is 13.1. The second-order valence-corrected chi connectivity index (χ2v) is 5.60. The molecule has 0 aliphatic heterocycles. The van der Waals surface area contributed by atoms with E-state index in [-0.39, 0.29) is 12.2 Å². The van der Waals surface area contributed by atoms with Crippen molar-refractivity contribution in [1.29, 1.82) is 0 Å². The molecule has 9 heteroatoms. The summed E-state index contributed by atoms with van der Waals surface area (Å²) in [5.41, 5.74) is 0.389. The molecular weight excluding hydrogens is 320 g/mol. The van der Waals surface area contributed by atoms with Crippen LogP contribution in [-0.2, 0) is 6.54 Å². The third kappa shape index (κ3) is 5.60. The zero-order valence-corrected chi connectivity index (χ0v) is 13.3. The molecule has 1 atom stereocenters. The first-order valence-electron chi connectivity index (χ1n) is 7.21. The summed E-state index contributed by atoms with van der Waals surface area (Å²) in [7, 11) is 3.69. The molecule has 2 rings (SSSR count). The number of anilines is 2. The molecule has 0 spiro atoms.